The number of pyridine rings is 1. The van der Waals surface area contributed by atoms with Crippen molar-refractivity contribution in [2.24, 2.45) is 0 Å². The molecule has 0 aliphatic rings. The van der Waals surface area contributed by atoms with Crippen LogP contribution in [-0.4, -0.2) is 24.6 Å². The van der Waals surface area contributed by atoms with Crippen molar-refractivity contribution in [1.82, 2.24) is 24.6 Å². The predicted molar refractivity (Wildman–Crippen MR) is 115 cm³/mol. The van der Waals surface area contributed by atoms with Crippen molar-refractivity contribution >= 4 is 50.6 Å². The molecule has 0 radical (unpaired) electrons. The number of nitrogens with one attached hydrogen (secondary N) is 1. The third-order valence-electron chi connectivity index (χ3n) is 4.67. The van der Waals surface area contributed by atoms with Crippen molar-refractivity contribution in [1.29, 1.82) is 0 Å². The van der Waals surface area contributed by atoms with Crippen molar-refractivity contribution in [3.63, 3.8) is 0 Å². The normalized spacial score (nSPS) is 13.3. The summed E-state index contributed by atoms with van der Waals surface area (Å²) in [4.78, 5) is 20.6. The molecule has 5 rings (SSSR count). The number of aromatic nitrogens is 5. The first-order valence-corrected chi connectivity index (χ1v) is 11.2. The maximum atomic E-state index is 13.2. The summed E-state index contributed by atoms with van der Waals surface area (Å²) in [7, 11) is 0. The van der Waals surface area contributed by atoms with Crippen LogP contribution in [0.2, 0.25) is 5.02 Å². The predicted octanol–water partition coefficient (Wildman–Crippen LogP) is 5.81. The smallest absolute Gasteiger partial charge is 0.417 e. The number of halogens is 4. The highest BCUT2D eigenvalue weighted by Crippen LogP contribution is 2.37. The van der Waals surface area contributed by atoms with Crippen LogP contribution in [-0.2, 0) is 6.18 Å². The van der Waals surface area contributed by atoms with Gasteiger partial charge >= 0.3 is 6.18 Å². The number of H-pyrrole nitrogens is 1. The van der Waals surface area contributed by atoms with Crippen LogP contribution in [0.15, 0.2) is 50.4 Å². The van der Waals surface area contributed by atoms with Gasteiger partial charge in [0.15, 0.2) is 10.8 Å². The fourth-order valence-corrected chi connectivity index (χ4v) is 5.22. The van der Waals surface area contributed by atoms with Crippen LogP contribution in [0.25, 0.3) is 27.2 Å². The molecule has 32 heavy (non-hydrogen) atoms. The lowest BCUT2D eigenvalue weighted by Gasteiger charge is -2.11. The van der Waals surface area contributed by atoms with Gasteiger partial charge in [0, 0.05) is 17.1 Å². The van der Waals surface area contributed by atoms with E-state index in [4.69, 9.17) is 16.0 Å². The maximum absolute atomic E-state index is 13.2. The van der Waals surface area contributed by atoms with E-state index in [1.54, 1.807) is 24.4 Å². The maximum Gasteiger partial charge on any atom is 0.417 e. The molecule has 0 amide bonds. The van der Waals surface area contributed by atoms with Crippen LogP contribution in [0, 0.1) is 0 Å². The Labute approximate surface area is 190 Å². The molecule has 5 aromatic heterocycles. The largest absolute Gasteiger partial charge is 0.464 e. The number of alkyl halides is 3. The molecule has 0 aromatic carbocycles. The number of hydrogen-bond acceptors (Lipinski definition) is 7. The lowest BCUT2D eigenvalue weighted by atomic mass is 10.2. The van der Waals surface area contributed by atoms with Gasteiger partial charge in [0.2, 0.25) is 0 Å². The number of furan rings is 1. The van der Waals surface area contributed by atoms with E-state index in [9.17, 15) is 18.0 Å². The summed E-state index contributed by atoms with van der Waals surface area (Å²) in [5.41, 5.74) is -0.499. The summed E-state index contributed by atoms with van der Waals surface area (Å²) in [6, 6.07) is 4.29. The first kappa shape index (κ1) is 21.0. The molecule has 0 aliphatic heterocycles. The van der Waals surface area contributed by atoms with E-state index in [0.717, 1.165) is 24.0 Å². The lowest BCUT2D eigenvalue weighted by Crippen LogP contribution is -2.12. The molecule has 164 valence electrons. The zero-order valence-corrected chi connectivity index (χ0v) is 18.4. The Bertz CT molecular complexity index is 1510. The van der Waals surface area contributed by atoms with Gasteiger partial charge in [-0.2, -0.15) is 13.2 Å². The molecule has 13 heteroatoms. The molecule has 0 saturated heterocycles. The van der Waals surface area contributed by atoms with E-state index in [0.29, 0.717) is 27.4 Å². The molecule has 0 fully saturated rings. The first-order chi connectivity index (χ1) is 15.2. The van der Waals surface area contributed by atoms with E-state index in [2.05, 4.69) is 20.2 Å². The Kier molecular flexibility index (Phi) is 5.02. The van der Waals surface area contributed by atoms with Crippen LogP contribution < -0.4 is 5.56 Å². The van der Waals surface area contributed by atoms with Crippen LogP contribution in [0.5, 0.6) is 0 Å². The second-order valence-electron chi connectivity index (χ2n) is 6.77. The van der Waals surface area contributed by atoms with Crippen molar-refractivity contribution in [3.8, 4) is 11.3 Å². The number of hydrogen-bond donors (Lipinski definition) is 1. The Hall–Kier alpha value is -2.83. The van der Waals surface area contributed by atoms with Gasteiger partial charge in [-0.15, -0.1) is 21.5 Å². The van der Waals surface area contributed by atoms with E-state index in [-0.39, 0.29) is 21.4 Å². The van der Waals surface area contributed by atoms with E-state index in [1.807, 2.05) is 0 Å². The minimum absolute atomic E-state index is 0.104. The van der Waals surface area contributed by atoms with Gasteiger partial charge in [-0.05, 0) is 25.1 Å². The fraction of sp³-hybridized carbons (Fsp3) is 0.158. The zero-order valence-electron chi connectivity index (χ0n) is 16.0. The highest BCUT2D eigenvalue weighted by molar-refractivity contribution is 7.99. The van der Waals surface area contributed by atoms with Crippen molar-refractivity contribution in [3.05, 3.63) is 62.8 Å². The average molecular weight is 498 g/mol. The SMILES string of the molecule is CC(Sc1nnc2c(Cl)cc(C(F)(F)F)cn12)c1nc2scc(-c3ccco3)c2c(=O)[nH]1. The van der Waals surface area contributed by atoms with Gasteiger partial charge in [0.1, 0.15) is 16.4 Å². The highest BCUT2D eigenvalue weighted by atomic mass is 35.5. The van der Waals surface area contributed by atoms with Crippen LogP contribution in [0.3, 0.4) is 0 Å². The summed E-state index contributed by atoms with van der Waals surface area (Å²) < 4.78 is 46.1. The molecule has 1 unspecified atom stereocenters. The van der Waals surface area contributed by atoms with E-state index in [1.165, 1.54) is 22.0 Å². The number of rotatable bonds is 4. The average Bonchev–Trinajstić information content (AvgIpc) is 3.46. The second kappa shape index (κ2) is 7.64. The Morgan fingerprint density at radius 1 is 1.34 bits per heavy atom. The molecule has 5 heterocycles. The monoisotopic (exact) mass is 497 g/mol. The van der Waals surface area contributed by atoms with Gasteiger partial charge < -0.3 is 9.40 Å². The summed E-state index contributed by atoms with van der Waals surface area (Å²) in [6.07, 6.45) is -2.16. The molecular weight excluding hydrogens is 487 g/mol. The van der Waals surface area contributed by atoms with Crippen molar-refractivity contribution in [2.45, 2.75) is 23.5 Å². The minimum atomic E-state index is -4.57. The highest BCUT2D eigenvalue weighted by Gasteiger charge is 2.32. The molecule has 0 aliphatic carbocycles. The molecule has 1 N–H and O–H groups in total. The van der Waals surface area contributed by atoms with Gasteiger partial charge in [-0.25, -0.2) is 4.98 Å². The summed E-state index contributed by atoms with van der Waals surface area (Å²) in [5, 5.41) is 9.63. The number of aromatic amines is 1. The number of thioether (sulfide) groups is 1. The third kappa shape index (κ3) is 3.57. The topological polar surface area (TPSA) is 89.1 Å². The first-order valence-electron chi connectivity index (χ1n) is 9.06. The number of fused-ring (bicyclic) bond motifs is 2. The molecule has 5 aromatic rings. The van der Waals surface area contributed by atoms with Crippen LogP contribution in [0.1, 0.15) is 23.6 Å². The molecule has 0 bridgehead atoms. The quantitative estimate of drug-likeness (QED) is 0.315. The summed E-state index contributed by atoms with van der Waals surface area (Å²) >= 11 is 8.37. The Morgan fingerprint density at radius 2 is 2.16 bits per heavy atom. The molecular formula is C19H11ClF3N5O2S2. The van der Waals surface area contributed by atoms with Gasteiger partial charge in [0.25, 0.3) is 5.56 Å². The molecule has 1 atom stereocenters. The minimum Gasteiger partial charge on any atom is -0.464 e. The van der Waals surface area contributed by atoms with Crippen molar-refractivity contribution in [2.75, 3.05) is 0 Å². The molecule has 0 saturated carbocycles. The molecule has 7 nitrogen and oxygen atoms in total. The van der Waals surface area contributed by atoms with Gasteiger partial charge in [-0.1, -0.05) is 23.4 Å². The Balaban J connectivity index is 1.51. The number of thiophene rings is 1. The van der Waals surface area contributed by atoms with Crippen LogP contribution in [0.4, 0.5) is 13.2 Å². The van der Waals surface area contributed by atoms with E-state index < -0.39 is 17.0 Å². The number of nitrogens with zero attached hydrogens (tertiary/aromatic N) is 4. The van der Waals surface area contributed by atoms with Crippen molar-refractivity contribution < 1.29 is 17.6 Å². The van der Waals surface area contributed by atoms with Crippen LogP contribution >= 0.6 is 34.7 Å². The summed E-state index contributed by atoms with van der Waals surface area (Å²) in [5.74, 6) is 0.918. The zero-order chi connectivity index (χ0) is 22.6. The van der Waals surface area contributed by atoms with Gasteiger partial charge in [0.05, 0.1) is 27.5 Å². The third-order valence-corrected chi connectivity index (χ3v) is 6.89. The fourth-order valence-electron chi connectivity index (χ4n) is 3.15. The second-order valence-corrected chi connectivity index (χ2v) is 9.34. The Morgan fingerprint density at radius 3 is 2.88 bits per heavy atom. The van der Waals surface area contributed by atoms with E-state index >= 15 is 0 Å². The standard InChI is InChI=1S/C19H11ClF3N5O2S2/c1-8(32-18-27-26-15-11(20)5-9(6-28(15)18)19(21,22)23)14-24-16(29)13-10(7-31-17(13)25-14)12-3-2-4-30-12/h2-8H,1H3,(H,24,25,29). The van der Waals surface area contributed by atoms with Gasteiger partial charge in [-0.3, -0.25) is 9.20 Å². The lowest BCUT2D eigenvalue weighted by molar-refractivity contribution is -0.137. The molecule has 0 spiro atoms. The summed E-state index contributed by atoms with van der Waals surface area (Å²) in [6.45, 7) is 1.76.